The number of aryl methyl sites for hydroxylation is 3. The van der Waals surface area contributed by atoms with E-state index in [2.05, 4.69) is 16.7 Å². The molecule has 0 saturated heterocycles. The highest BCUT2D eigenvalue weighted by Gasteiger charge is 2.27. The largest absolute Gasteiger partial charge is 0.489 e. The van der Waals surface area contributed by atoms with Crippen molar-refractivity contribution < 1.29 is 23.1 Å². The molecule has 45 heavy (non-hydrogen) atoms. The molecule has 0 saturated carbocycles. The van der Waals surface area contributed by atoms with E-state index in [4.69, 9.17) is 9.72 Å². The number of hydrogen-bond acceptors (Lipinski definition) is 5. The minimum atomic E-state index is -1.04. The Bertz CT molecular complexity index is 2030. The summed E-state index contributed by atoms with van der Waals surface area (Å²) >= 11 is 0. The number of amides is 1. The first kappa shape index (κ1) is 30.2. The number of hydrogen-bond donors (Lipinski definition) is 2. The predicted octanol–water partition coefficient (Wildman–Crippen LogP) is 6.60. The number of para-hydroxylation sites is 1. The standard InChI is InChI=1S/C35H35F2N5O3/c1-19-15-27-31(39-20(2)41(27)6)34-29(19)23-10-7-9-22-24(18-42(32(22)23)13-14-45-34)33(44)21-16-25(36)30(26(37)17-21)40-28(43)11-8-12-38-35(3,4)5/h7-11,15-18,38H,12-14H2,1-6H3,(H,40,43)/b11-8+. The summed E-state index contributed by atoms with van der Waals surface area (Å²) in [5.74, 6) is -1.73. The van der Waals surface area contributed by atoms with Gasteiger partial charge in [0, 0.05) is 59.0 Å². The molecule has 6 rings (SSSR count). The van der Waals surface area contributed by atoms with Crippen LogP contribution in [-0.2, 0) is 18.4 Å². The van der Waals surface area contributed by atoms with Crippen molar-refractivity contribution in [3.05, 3.63) is 88.9 Å². The Morgan fingerprint density at radius 1 is 1.11 bits per heavy atom. The van der Waals surface area contributed by atoms with Gasteiger partial charge in [-0.2, -0.15) is 0 Å². The topological polar surface area (TPSA) is 90.2 Å². The van der Waals surface area contributed by atoms with Crippen molar-refractivity contribution in [3.63, 3.8) is 0 Å². The Labute approximate surface area is 259 Å². The van der Waals surface area contributed by atoms with Crippen LogP contribution in [0.15, 0.2) is 54.7 Å². The third-order valence-corrected chi connectivity index (χ3v) is 8.12. The number of nitrogens with one attached hydrogen (secondary N) is 2. The zero-order chi connectivity index (χ0) is 32.2. The molecule has 3 heterocycles. The van der Waals surface area contributed by atoms with Gasteiger partial charge in [-0.15, -0.1) is 0 Å². The first-order valence-corrected chi connectivity index (χ1v) is 14.8. The molecule has 1 aliphatic heterocycles. The molecule has 0 fully saturated rings. The van der Waals surface area contributed by atoms with E-state index in [0.717, 1.165) is 51.2 Å². The van der Waals surface area contributed by atoms with Crippen LogP contribution in [0.4, 0.5) is 14.5 Å². The fourth-order valence-corrected chi connectivity index (χ4v) is 5.85. The molecule has 0 atom stereocenters. The molecule has 0 unspecified atom stereocenters. The van der Waals surface area contributed by atoms with E-state index in [-0.39, 0.29) is 11.1 Å². The van der Waals surface area contributed by atoms with E-state index in [1.165, 1.54) is 6.08 Å². The second-order valence-electron chi connectivity index (χ2n) is 12.4. The monoisotopic (exact) mass is 611 g/mol. The first-order chi connectivity index (χ1) is 21.3. The summed E-state index contributed by atoms with van der Waals surface area (Å²) in [4.78, 5) is 30.9. The highest BCUT2D eigenvalue weighted by atomic mass is 19.1. The maximum atomic E-state index is 15.2. The number of carbonyl (C=O) groups excluding carboxylic acids is 2. The third-order valence-electron chi connectivity index (χ3n) is 8.12. The quantitative estimate of drug-likeness (QED) is 0.167. The van der Waals surface area contributed by atoms with Crippen LogP contribution < -0.4 is 15.4 Å². The average Bonchev–Trinajstić information content (AvgIpc) is 3.47. The van der Waals surface area contributed by atoms with E-state index in [9.17, 15) is 9.59 Å². The van der Waals surface area contributed by atoms with Gasteiger partial charge in [-0.05, 0) is 58.4 Å². The molecule has 232 valence electrons. The Morgan fingerprint density at radius 2 is 1.84 bits per heavy atom. The van der Waals surface area contributed by atoms with Crippen molar-refractivity contribution >= 4 is 39.3 Å². The molecule has 5 aromatic rings. The van der Waals surface area contributed by atoms with Gasteiger partial charge in [0.15, 0.2) is 11.5 Å². The first-order valence-electron chi connectivity index (χ1n) is 14.8. The summed E-state index contributed by atoms with van der Waals surface area (Å²) in [6.45, 7) is 11.1. The molecule has 8 nitrogen and oxygen atoms in total. The molecule has 1 amide bonds. The van der Waals surface area contributed by atoms with E-state index >= 15 is 8.78 Å². The van der Waals surface area contributed by atoms with Crippen LogP contribution in [0.25, 0.3) is 33.1 Å². The molecule has 10 heteroatoms. The van der Waals surface area contributed by atoms with Gasteiger partial charge in [0.1, 0.15) is 35.3 Å². The van der Waals surface area contributed by atoms with E-state index in [0.29, 0.717) is 36.4 Å². The number of aromatic nitrogens is 3. The lowest BCUT2D eigenvalue weighted by atomic mass is 9.94. The highest BCUT2D eigenvalue weighted by molar-refractivity contribution is 6.18. The van der Waals surface area contributed by atoms with Crippen molar-refractivity contribution in [3.8, 4) is 16.9 Å². The molecule has 2 aromatic heterocycles. The summed E-state index contributed by atoms with van der Waals surface area (Å²) in [7, 11) is 1.97. The summed E-state index contributed by atoms with van der Waals surface area (Å²) in [5.41, 5.74) is 4.75. The number of nitrogens with zero attached hydrogens (tertiary/aromatic N) is 3. The molecular weight excluding hydrogens is 576 g/mol. The van der Waals surface area contributed by atoms with Crippen LogP contribution in [0.3, 0.4) is 0 Å². The zero-order valence-electron chi connectivity index (χ0n) is 26.1. The average molecular weight is 612 g/mol. The van der Waals surface area contributed by atoms with Crippen LogP contribution in [0.5, 0.6) is 5.75 Å². The molecule has 0 aliphatic carbocycles. The number of carbonyl (C=O) groups is 2. The second kappa shape index (κ2) is 11.3. The maximum Gasteiger partial charge on any atom is 0.248 e. The highest BCUT2D eigenvalue weighted by Crippen LogP contribution is 2.44. The Morgan fingerprint density at radius 3 is 2.56 bits per heavy atom. The SMILES string of the molecule is Cc1cc2c(nc(C)n2C)c2c1-c1cccc3c(C(=O)c4cc(F)c(NC(=O)/C=C/CNC(C)(C)C)c(F)c4)cn(c13)CCO2. The van der Waals surface area contributed by atoms with Gasteiger partial charge in [-0.3, -0.25) is 9.59 Å². The van der Waals surface area contributed by atoms with E-state index in [1.54, 1.807) is 12.3 Å². The van der Waals surface area contributed by atoms with Crippen molar-refractivity contribution in [2.24, 2.45) is 7.05 Å². The van der Waals surface area contributed by atoms with Crippen molar-refractivity contribution in [1.29, 1.82) is 0 Å². The predicted molar refractivity (Wildman–Crippen MR) is 172 cm³/mol. The fraction of sp³-hybridized carbons (Fsp3) is 0.286. The minimum absolute atomic E-state index is 0.145. The lowest BCUT2D eigenvalue weighted by Gasteiger charge is -2.20. The van der Waals surface area contributed by atoms with Gasteiger partial charge in [0.2, 0.25) is 5.91 Å². The lowest BCUT2D eigenvalue weighted by molar-refractivity contribution is -0.112. The summed E-state index contributed by atoms with van der Waals surface area (Å²) in [6, 6.07) is 9.69. The van der Waals surface area contributed by atoms with Crippen LogP contribution in [0, 0.1) is 25.5 Å². The van der Waals surface area contributed by atoms with E-state index in [1.807, 2.05) is 69.0 Å². The van der Waals surface area contributed by atoms with Gasteiger partial charge in [0.05, 0.1) is 17.6 Å². The zero-order valence-corrected chi connectivity index (χ0v) is 26.1. The van der Waals surface area contributed by atoms with Crippen LogP contribution in [0.1, 0.15) is 48.1 Å². The number of rotatable bonds is 6. The molecule has 3 aromatic carbocycles. The number of imidazole rings is 1. The molecule has 1 aliphatic rings. The number of ether oxygens (including phenoxy) is 1. The maximum absolute atomic E-state index is 15.2. The minimum Gasteiger partial charge on any atom is -0.489 e. The van der Waals surface area contributed by atoms with Crippen LogP contribution >= 0.6 is 0 Å². The molecule has 2 N–H and O–H groups in total. The summed E-state index contributed by atoms with van der Waals surface area (Å²) < 4.78 is 40.6. The summed E-state index contributed by atoms with van der Waals surface area (Å²) in [5, 5.41) is 6.09. The Balaban J connectivity index is 1.36. The number of anilines is 1. The van der Waals surface area contributed by atoms with Gasteiger partial charge >= 0.3 is 0 Å². The van der Waals surface area contributed by atoms with E-state index < -0.39 is 29.0 Å². The van der Waals surface area contributed by atoms with Crippen LogP contribution in [0.2, 0.25) is 0 Å². The van der Waals surface area contributed by atoms with Gasteiger partial charge in [-0.25, -0.2) is 13.8 Å². The number of halogens is 2. The second-order valence-corrected chi connectivity index (χ2v) is 12.4. The number of ketones is 1. The summed E-state index contributed by atoms with van der Waals surface area (Å²) in [6.07, 6.45) is 4.49. The smallest absolute Gasteiger partial charge is 0.248 e. The van der Waals surface area contributed by atoms with Crippen molar-refractivity contribution in [1.82, 2.24) is 19.4 Å². The Hall–Kier alpha value is -4.83. The van der Waals surface area contributed by atoms with Gasteiger partial charge in [-0.1, -0.05) is 24.3 Å². The molecule has 0 radical (unpaired) electrons. The van der Waals surface area contributed by atoms with Crippen molar-refractivity contribution in [2.75, 3.05) is 18.5 Å². The third kappa shape index (κ3) is 5.50. The molecular formula is C35H35F2N5O3. The molecule has 0 spiro atoms. The molecule has 0 bridgehead atoms. The fourth-order valence-electron chi connectivity index (χ4n) is 5.85. The van der Waals surface area contributed by atoms with Gasteiger partial charge < -0.3 is 24.5 Å². The number of fused-ring (bicyclic) bond motifs is 4. The normalized spacial score (nSPS) is 13.2. The number of benzene rings is 3. The Kier molecular flexibility index (Phi) is 7.56. The van der Waals surface area contributed by atoms with Gasteiger partial charge in [0.25, 0.3) is 0 Å². The lowest BCUT2D eigenvalue weighted by Crippen LogP contribution is -2.35. The van der Waals surface area contributed by atoms with Crippen LogP contribution in [-0.4, -0.2) is 44.5 Å². The van der Waals surface area contributed by atoms with Crippen molar-refractivity contribution in [2.45, 2.75) is 46.7 Å².